The summed E-state index contributed by atoms with van der Waals surface area (Å²) in [7, 11) is -3.79. The van der Waals surface area contributed by atoms with Crippen molar-refractivity contribution in [3.63, 3.8) is 0 Å². The Balaban J connectivity index is 1.68. The van der Waals surface area contributed by atoms with E-state index in [9.17, 15) is 8.42 Å². The van der Waals surface area contributed by atoms with Crippen LogP contribution in [0.1, 0.15) is 0 Å². The average Bonchev–Trinajstić information content (AvgIpc) is 3.09. The smallest absolute Gasteiger partial charge is 0.255 e. The first-order valence-corrected chi connectivity index (χ1v) is 10.8. The summed E-state index contributed by atoms with van der Waals surface area (Å²) in [5.41, 5.74) is 2.06. The molecule has 0 atom stereocenters. The summed E-state index contributed by atoms with van der Waals surface area (Å²) >= 11 is 4.67. The number of hydrogen-bond acceptors (Lipinski definition) is 5. The van der Waals surface area contributed by atoms with Gasteiger partial charge in [-0.3, -0.25) is 9.71 Å². The first-order chi connectivity index (χ1) is 12.5. The summed E-state index contributed by atoms with van der Waals surface area (Å²) in [4.78, 5) is 8.74. The van der Waals surface area contributed by atoms with Gasteiger partial charge in [-0.05, 0) is 24.3 Å². The molecule has 0 unspecified atom stereocenters. The maximum atomic E-state index is 12.8. The normalized spacial score (nSPS) is 11.6. The fourth-order valence-electron chi connectivity index (χ4n) is 2.56. The first kappa shape index (κ1) is 17.1. The van der Waals surface area contributed by atoms with Gasteiger partial charge in [0.1, 0.15) is 4.90 Å². The van der Waals surface area contributed by atoms with Crippen LogP contribution in [0.25, 0.3) is 22.2 Å². The summed E-state index contributed by atoms with van der Waals surface area (Å²) < 4.78 is 29.1. The van der Waals surface area contributed by atoms with Crippen molar-refractivity contribution in [3.8, 4) is 11.3 Å². The van der Waals surface area contributed by atoms with Gasteiger partial charge in [0.25, 0.3) is 10.0 Å². The molecule has 4 rings (SSSR count). The van der Waals surface area contributed by atoms with Crippen LogP contribution in [0.2, 0.25) is 0 Å². The highest BCUT2D eigenvalue weighted by Crippen LogP contribution is 2.29. The van der Waals surface area contributed by atoms with Gasteiger partial charge >= 0.3 is 0 Å². The van der Waals surface area contributed by atoms with Gasteiger partial charge in [0.15, 0.2) is 5.13 Å². The van der Waals surface area contributed by atoms with E-state index < -0.39 is 10.0 Å². The monoisotopic (exact) mass is 445 g/mol. The van der Waals surface area contributed by atoms with Gasteiger partial charge in [-0.25, -0.2) is 13.4 Å². The molecule has 1 N–H and O–H groups in total. The number of nitrogens with one attached hydrogen (secondary N) is 1. The van der Waals surface area contributed by atoms with Crippen molar-refractivity contribution in [2.75, 3.05) is 4.72 Å². The Kier molecular flexibility index (Phi) is 4.47. The third-order valence-electron chi connectivity index (χ3n) is 3.73. The van der Waals surface area contributed by atoms with Crippen molar-refractivity contribution in [1.29, 1.82) is 0 Å². The van der Waals surface area contributed by atoms with Gasteiger partial charge in [0, 0.05) is 27.0 Å². The lowest BCUT2D eigenvalue weighted by atomic mass is 10.2. The molecule has 0 aliphatic rings. The molecule has 0 spiro atoms. The van der Waals surface area contributed by atoms with E-state index in [1.54, 1.807) is 24.4 Å². The van der Waals surface area contributed by atoms with Crippen molar-refractivity contribution in [3.05, 3.63) is 70.6 Å². The van der Waals surface area contributed by atoms with Crippen LogP contribution in [0, 0.1) is 0 Å². The van der Waals surface area contributed by atoms with Gasteiger partial charge in [-0.1, -0.05) is 46.3 Å². The molecule has 2 aromatic carbocycles. The number of hydrogen-bond donors (Lipinski definition) is 1. The molecule has 0 saturated heterocycles. The molecular formula is C18H12BrN3O2S2. The number of fused-ring (bicyclic) bond motifs is 1. The van der Waals surface area contributed by atoms with E-state index >= 15 is 0 Å². The highest BCUT2D eigenvalue weighted by atomic mass is 79.9. The van der Waals surface area contributed by atoms with Crippen LogP contribution >= 0.6 is 27.3 Å². The molecule has 0 aliphatic heterocycles. The average molecular weight is 446 g/mol. The van der Waals surface area contributed by atoms with Crippen molar-refractivity contribution < 1.29 is 8.42 Å². The van der Waals surface area contributed by atoms with Crippen molar-refractivity contribution in [1.82, 2.24) is 9.97 Å². The van der Waals surface area contributed by atoms with Crippen molar-refractivity contribution in [2.24, 2.45) is 0 Å². The molecule has 0 amide bonds. The summed E-state index contributed by atoms with van der Waals surface area (Å²) in [5, 5.41) is 2.90. The Labute approximate surface area is 162 Å². The number of nitrogens with zero attached hydrogens (tertiary/aromatic N) is 2. The lowest BCUT2D eigenvalue weighted by Crippen LogP contribution is -2.13. The molecule has 0 fully saturated rings. The van der Waals surface area contributed by atoms with Crippen LogP contribution in [-0.4, -0.2) is 18.4 Å². The third-order valence-corrected chi connectivity index (χ3v) is 6.48. The highest BCUT2D eigenvalue weighted by Gasteiger charge is 2.20. The number of rotatable bonds is 4. The first-order valence-electron chi connectivity index (χ1n) is 7.61. The Morgan fingerprint density at radius 1 is 1.04 bits per heavy atom. The van der Waals surface area contributed by atoms with Crippen LogP contribution in [0.4, 0.5) is 5.13 Å². The number of halogens is 1. The van der Waals surface area contributed by atoms with Gasteiger partial charge < -0.3 is 0 Å². The molecule has 0 saturated carbocycles. The number of benzene rings is 2. The molecule has 0 bridgehead atoms. The zero-order valence-electron chi connectivity index (χ0n) is 13.3. The molecule has 130 valence electrons. The van der Waals surface area contributed by atoms with E-state index in [0.717, 1.165) is 15.4 Å². The summed E-state index contributed by atoms with van der Waals surface area (Å²) in [6.45, 7) is 0. The molecule has 4 aromatic rings. The molecule has 8 heteroatoms. The standard InChI is InChI=1S/C18H12BrN3O2S2/c19-14-7-1-5-13(10-14)15-11-25-18(21-15)22-26(23,24)16-8-2-4-12-6-3-9-20-17(12)16/h1-11H,(H,21,22). The number of sulfonamides is 1. The lowest BCUT2D eigenvalue weighted by Gasteiger charge is -2.07. The predicted molar refractivity (Wildman–Crippen MR) is 108 cm³/mol. The predicted octanol–water partition coefficient (Wildman–Crippen LogP) is 4.92. The zero-order valence-corrected chi connectivity index (χ0v) is 16.5. The maximum Gasteiger partial charge on any atom is 0.265 e. The maximum absolute atomic E-state index is 12.8. The quantitative estimate of drug-likeness (QED) is 0.483. The van der Waals surface area contributed by atoms with Crippen molar-refractivity contribution >= 4 is 53.3 Å². The van der Waals surface area contributed by atoms with Crippen LogP contribution in [0.3, 0.4) is 0 Å². The van der Waals surface area contributed by atoms with Gasteiger partial charge in [0.2, 0.25) is 0 Å². The fourth-order valence-corrected chi connectivity index (χ4v) is 5.12. The zero-order chi connectivity index (χ0) is 18.1. The molecule has 2 aromatic heterocycles. The summed E-state index contributed by atoms with van der Waals surface area (Å²) in [5.74, 6) is 0. The Morgan fingerprint density at radius 2 is 1.85 bits per heavy atom. The molecule has 0 radical (unpaired) electrons. The summed E-state index contributed by atoms with van der Waals surface area (Å²) in [6, 6.07) is 16.4. The molecular weight excluding hydrogens is 434 g/mol. The highest BCUT2D eigenvalue weighted by molar-refractivity contribution is 9.10. The second-order valence-corrected chi connectivity index (χ2v) is 8.91. The second kappa shape index (κ2) is 6.79. The van der Waals surface area contributed by atoms with E-state index in [4.69, 9.17) is 0 Å². The van der Waals surface area contributed by atoms with Crippen LogP contribution in [0.5, 0.6) is 0 Å². The molecule has 5 nitrogen and oxygen atoms in total. The number of thiazole rings is 1. The lowest BCUT2D eigenvalue weighted by molar-refractivity contribution is 0.602. The van der Waals surface area contributed by atoms with E-state index in [-0.39, 0.29) is 4.90 Å². The minimum absolute atomic E-state index is 0.134. The minimum Gasteiger partial charge on any atom is -0.255 e. The largest absolute Gasteiger partial charge is 0.265 e. The Morgan fingerprint density at radius 3 is 2.69 bits per heavy atom. The van der Waals surface area contributed by atoms with Gasteiger partial charge in [-0.15, -0.1) is 11.3 Å². The molecule has 0 aliphatic carbocycles. The SMILES string of the molecule is O=S(=O)(Nc1nc(-c2cccc(Br)c2)cs1)c1cccc2cccnc12. The van der Waals surface area contributed by atoms with Gasteiger partial charge in [0.05, 0.1) is 11.2 Å². The topological polar surface area (TPSA) is 72.0 Å². The minimum atomic E-state index is -3.79. The van der Waals surface area contributed by atoms with E-state index in [1.165, 1.54) is 11.3 Å². The van der Waals surface area contributed by atoms with Crippen LogP contribution < -0.4 is 4.72 Å². The van der Waals surface area contributed by atoms with E-state index in [2.05, 4.69) is 30.6 Å². The van der Waals surface area contributed by atoms with Gasteiger partial charge in [-0.2, -0.15) is 0 Å². The second-order valence-electron chi connectivity index (χ2n) is 5.49. The van der Waals surface area contributed by atoms with E-state index in [0.29, 0.717) is 16.3 Å². The number of pyridine rings is 1. The molecule has 26 heavy (non-hydrogen) atoms. The van der Waals surface area contributed by atoms with Crippen molar-refractivity contribution in [2.45, 2.75) is 4.90 Å². The Bertz CT molecular complexity index is 1200. The third kappa shape index (κ3) is 3.35. The number of aromatic nitrogens is 2. The van der Waals surface area contributed by atoms with E-state index in [1.807, 2.05) is 41.8 Å². The number of para-hydroxylation sites is 1. The van der Waals surface area contributed by atoms with Crippen LogP contribution in [0.15, 0.2) is 75.5 Å². The Hall–Kier alpha value is -2.29. The fraction of sp³-hybridized carbons (Fsp3) is 0. The number of anilines is 1. The summed E-state index contributed by atoms with van der Waals surface area (Å²) in [6.07, 6.45) is 1.58. The van der Waals surface area contributed by atoms with Crippen LogP contribution in [-0.2, 0) is 10.0 Å². The molecule has 2 heterocycles.